The van der Waals surface area contributed by atoms with Gasteiger partial charge < -0.3 is 10.1 Å². The third-order valence-corrected chi connectivity index (χ3v) is 3.45. The number of hydrogen-bond donors (Lipinski definition) is 1. The van der Waals surface area contributed by atoms with Crippen molar-refractivity contribution in [1.29, 1.82) is 0 Å². The summed E-state index contributed by atoms with van der Waals surface area (Å²) < 4.78 is 5.34. The Balaban J connectivity index is 2.25. The normalized spacial score (nSPS) is 11.3. The first-order valence-electron chi connectivity index (χ1n) is 6.66. The topological polar surface area (TPSA) is 37.4 Å². The molecule has 0 saturated heterocycles. The van der Waals surface area contributed by atoms with Crippen LogP contribution in [0.2, 0.25) is 0 Å². The fourth-order valence-electron chi connectivity index (χ4n) is 1.60. The quantitative estimate of drug-likeness (QED) is 0.661. The number of thiazole rings is 1. The van der Waals surface area contributed by atoms with Gasteiger partial charge in [-0.3, -0.25) is 4.90 Å². The number of nitrogens with one attached hydrogen (secondary N) is 1. The van der Waals surface area contributed by atoms with Gasteiger partial charge in [-0.2, -0.15) is 0 Å². The van der Waals surface area contributed by atoms with E-state index in [0.29, 0.717) is 0 Å². The van der Waals surface area contributed by atoms with Crippen molar-refractivity contribution < 1.29 is 4.74 Å². The van der Waals surface area contributed by atoms with E-state index in [1.165, 1.54) is 11.4 Å². The standard InChI is InChI=1S/C13H25N3OS/c1-4-6-14-9-13-15-12(11-18-13)10-16(3)7-8-17-5-2/h11,14H,4-10H2,1-3H3. The lowest BCUT2D eigenvalue weighted by Crippen LogP contribution is -2.23. The molecule has 1 rings (SSSR count). The van der Waals surface area contributed by atoms with E-state index < -0.39 is 0 Å². The molecule has 0 atom stereocenters. The first-order chi connectivity index (χ1) is 8.76. The van der Waals surface area contributed by atoms with E-state index in [4.69, 9.17) is 4.74 Å². The third-order valence-electron chi connectivity index (χ3n) is 2.56. The van der Waals surface area contributed by atoms with Gasteiger partial charge in [0.15, 0.2) is 0 Å². The molecule has 0 aliphatic heterocycles. The zero-order chi connectivity index (χ0) is 13.2. The Morgan fingerprint density at radius 3 is 3.00 bits per heavy atom. The van der Waals surface area contributed by atoms with Gasteiger partial charge in [0.1, 0.15) is 5.01 Å². The van der Waals surface area contributed by atoms with Gasteiger partial charge in [0.2, 0.25) is 0 Å². The van der Waals surface area contributed by atoms with Crippen LogP contribution < -0.4 is 5.32 Å². The van der Waals surface area contributed by atoms with Crippen LogP contribution in [0.15, 0.2) is 5.38 Å². The lowest BCUT2D eigenvalue weighted by Gasteiger charge is -2.14. The van der Waals surface area contributed by atoms with Crippen molar-refractivity contribution in [3.63, 3.8) is 0 Å². The first kappa shape index (κ1) is 15.6. The summed E-state index contributed by atoms with van der Waals surface area (Å²) in [5.41, 5.74) is 1.16. The maximum atomic E-state index is 5.34. The summed E-state index contributed by atoms with van der Waals surface area (Å²) in [6, 6.07) is 0. The van der Waals surface area contributed by atoms with Gasteiger partial charge in [0, 0.05) is 31.6 Å². The maximum Gasteiger partial charge on any atom is 0.107 e. The molecule has 4 nitrogen and oxygen atoms in total. The predicted octanol–water partition coefficient (Wildman–Crippen LogP) is 2.11. The second kappa shape index (κ2) is 9.44. The van der Waals surface area contributed by atoms with Gasteiger partial charge in [-0.25, -0.2) is 4.98 Å². The van der Waals surface area contributed by atoms with E-state index in [9.17, 15) is 0 Å². The molecule has 1 heterocycles. The number of likely N-dealkylation sites (N-methyl/N-ethyl adjacent to an activating group) is 1. The summed E-state index contributed by atoms with van der Waals surface area (Å²) in [4.78, 5) is 6.87. The Bertz CT molecular complexity index is 317. The lowest BCUT2D eigenvalue weighted by atomic mass is 10.4. The van der Waals surface area contributed by atoms with Gasteiger partial charge in [0.25, 0.3) is 0 Å². The Morgan fingerprint density at radius 2 is 2.28 bits per heavy atom. The molecule has 0 amide bonds. The van der Waals surface area contributed by atoms with Crippen LogP contribution in [0.3, 0.4) is 0 Å². The number of nitrogens with zero attached hydrogens (tertiary/aromatic N) is 2. The number of ether oxygens (including phenoxy) is 1. The average Bonchev–Trinajstić information content (AvgIpc) is 2.77. The fraction of sp³-hybridized carbons (Fsp3) is 0.769. The van der Waals surface area contributed by atoms with Gasteiger partial charge >= 0.3 is 0 Å². The molecule has 0 aliphatic carbocycles. The van der Waals surface area contributed by atoms with Crippen LogP contribution in [0.4, 0.5) is 0 Å². The molecule has 0 saturated carbocycles. The van der Waals surface area contributed by atoms with Crippen molar-refractivity contribution in [3.8, 4) is 0 Å². The number of aromatic nitrogens is 1. The van der Waals surface area contributed by atoms with Crippen LogP contribution in [-0.2, 0) is 17.8 Å². The molecular formula is C13H25N3OS. The number of rotatable bonds is 10. The van der Waals surface area contributed by atoms with Crippen LogP contribution in [0.5, 0.6) is 0 Å². The minimum absolute atomic E-state index is 0.789. The van der Waals surface area contributed by atoms with Crippen LogP contribution in [0.25, 0.3) is 0 Å². The highest BCUT2D eigenvalue weighted by molar-refractivity contribution is 7.09. The first-order valence-corrected chi connectivity index (χ1v) is 7.54. The largest absolute Gasteiger partial charge is 0.380 e. The van der Waals surface area contributed by atoms with Gasteiger partial charge in [0.05, 0.1) is 12.3 Å². The molecule has 0 spiro atoms. The highest BCUT2D eigenvalue weighted by Crippen LogP contribution is 2.11. The molecule has 1 aromatic rings. The summed E-state index contributed by atoms with van der Waals surface area (Å²) in [5, 5.41) is 6.70. The highest BCUT2D eigenvalue weighted by Gasteiger charge is 2.05. The van der Waals surface area contributed by atoms with E-state index in [0.717, 1.165) is 45.1 Å². The van der Waals surface area contributed by atoms with Crippen LogP contribution in [0, 0.1) is 0 Å². The molecular weight excluding hydrogens is 246 g/mol. The molecule has 0 radical (unpaired) electrons. The summed E-state index contributed by atoms with van der Waals surface area (Å²) >= 11 is 1.74. The summed E-state index contributed by atoms with van der Waals surface area (Å²) in [6.45, 7) is 9.58. The van der Waals surface area contributed by atoms with Crippen molar-refractivity contribution in [1.82, 2.24) is 15.2 Å². The molecule has 5 heteroatoms. The summed E-state index contributed by atoms with van der Waals surface area (Å²) in [5.74, 6) is 0. The zero-order valence-corrected chi connectivity index (χ0v) is 12.6. The molecule has 1 N–H and O–H groups in total. The Kier molecular flexibility index (Phi) is 8.17. The monoisotopic (exact) mass is 271 g/mol. The van der Waals surface area contributed by atoms with Crippen LogP contribution >= 0.6 is 11.3 Å². The molecule has 0 aromatic carbocycles. The van der Waals surface area contributed by atoms with Gasteiger partial charge in [-0.15, -0.1) is 11.3 Å². The van der Waals surface area contributed by atoms with Crippen molar-refractivity contribution in [2.45, 2.75) is 33.4 Å². The molecule has 0 bridgehead atoms. The second-order valence-corrected chi connectivity index (χ2v) is 5.29. The van der Waals surface area contributed by atoms with Crippen molar-refractivity contribution in [2.24, 2.45) is 0 Å². The van der Waals surface area contributed by atoms with Gasteiger partial charge in [-0.05, 0) is 26.9 Å². The third kappa shape index (κ3) is 6.44. The smallest absolute Gasteiger partial charge is 0.107 e. The van der Waals surface area contributed by atoms with E-state index in [2.05, 4.69) is 34.6 Å². The average molecular weight is 271 g/mol. The zero-order valence-electron chi connectivity index (χ0n) is 11.7. The van der Waals surface area contributed by atoms with E-state index in [1.807, 2.05) is 6.92 Å². The van der Waals surface area contributed by atoms with E-state index in [-0.39, 0.29) is 0 Å². The van der Waals surface area contributed by atoms with E-state index >= 15 is 0 Å². The molecule has 18 heavy (non-hydrogen) atoms. The molecule has 0 aliphatic rings. The van der Waals surface area contributed by atoms with E-state index in [1.54, 1.807) is 11.3 Å². The molecule has 0 unspecified atom stereocenters. The molecule has 104 valence electrons. The summed E-state index contributed by atoms with van der Waals surface area (Å²) in [6.07, 6.45) is 1.17. The van der Waals surface area contributed by atoms with Crippen LogP contribution in [-0.4, -0.2) is 43.2 Å². The SMILES string of the molecule is CCCNCc1nc(CN(C)CCOCC)cs1. The van der Waals surface area contributed by atoms with Gasteiger partial charge in [-0.1, -0.05) is 6.92 Å². The molecule has 0 fully saturated rings. The minimum Gasteiger partial charge on any atom is -0.380 e. The van der Waals surface area contributed by atoms with Crippen molar-refractivity contribution >= 4 is 11.3 Å². The summed E-state index contributed by atoms with van der Waals surface area (Å²) in [7, 11) is 2.10. The predicted molar refractivity (Wildman–Crippen MR) is 76.9 cm³/mol. The Morgan fingerprint density at radius 1 is 1.44 bits per heavy atom. The fourth-order valence-corrected chi connectivity index (χ4v) is 2.35. The number of hydrogen-bond acceptors (Lipinski definition) is 5. The minimum atomic E-state index is 0.789. The second-order valence-electron chi connectivity index (χ2n) is 4.34. The maximum absolute atomic E-state index is 5.34. The van der Waals surface area contributed by atoms with Crippen molar-refractivity contribution in [2.75, 3.05) is 33.4 Å². The lowest BCUT2D eigenvalue weighted by molar-refractivity contribution is 0.120. The molecule has 1 aromatic heterocycles. The Labute approximate surface area is 114 Å². The Hall–Kier alpha value is -0.490. The van der Waals surface area contributed by atoms with Crippen molar-refractivity contribution in [3.05, 3.63) is 16.1 Å². The van der Waals surface area contributed by atoms with Crippen LogP contribution in [0.1, 0.15) is 31.0 Å². The highest BCUT2D eigenvalue weighted by atomic mass is 32.1.